The molecule has 192 valence electrons. The monoisotopic (exact) mass is 478 g/mol. The van der Waals surface area contributed by atoms with Crippen LogP contribution in [0.25, 0.3) is 0 Å². The molecule has 0 aromatic heterocycles. The Kier molecular flexibility index (Phi) is 20.4. The molecule has 0 saturated carbocycles. The van der Waals surface area contributed by atoms with Crippen molar-refractivity contribution in [3.63, 3.8) is 0 Å². The first-order valence-electron chi connectivity index (χ1n) is 12.0. The summed E-state index contributed by atoms with van der Waals surface area (Å²) in [5.41, 5.74) is 0. The van der Waals surface area contributed by atoms with Gasteiger partial charge >= 0.3 is 17.9 Å². The van der Waals surface area contributed by atoms with Crippen LogP contribution in [-0.2, 0) is 33.3 Å². The van der Waals surface area contributed by atoms with E-state index in [1.165, 1.54) is 0 Å². The summed E-state index contributed by atoms with van der Waals surface area (Å²) >= 11 is 0. The molecule has 2 unspecified atom stereocenters. The lowest BCUT2D eigenvalue weighted by molar-refractivity contribution is -0.167. The second-order valence-corrected chi connectivity index (χ2v) is 7.77. The first-order chi connectivity index (χ1) is 16.5. The molecule has 2 atom stereocenters. The maximum Gasteiger partial charge on any atom is 0.312 e. The van der Waals surface area contributed by atoms with Crippen molar-refractivity contribution >= 4 is 17.9 Å². The van der Waals surface area contributed by atoms with Crippen molar-refractivity contribution < 1.29 is 33.3 Å². The van der Waals surface area contributed by atoms with Crippen molar-refractivity contribution in [2.75, 3.05) is 33.0 Å². The van der Waals surface area contributed by atoms with Gasteiger partial charge in [-0.1, -0.05) is 24.3 Å². The van der Waals surface area contributed by atoms with E-state index in [0.717, 1.165) is 12.8 Å². The topological polar surface area (TPSA) is 88.1 Å². The normalized spacial score (nSPS) is 12.1. The van der Waals surface area contributed by atoms with E-state index >= 15 is 0 Å². The molecule has 0 radical (unpaired) electrons. The van der Waals surface area contributed by atoms with Crippen LogP contribution in [0.1, 0.15) is 57.8 Å². The average Bonchev–Trinajstić information content (AvgIpc) is 2.83. The minimum absolute atomic E-state index is 0.0619. The van der Waals surface area contributed by atoms with Gasteiger partial charge in [-0.3, -0.25) is 14.4 Å². The third kappa shape index (κ3) is 16.0. The van der Waals surface area contributed by atoms with Crippen LogP contribution in [0.5, 0.6) is 0 Å². The van der Waals surface area contributed by atoms with Gasteiger partial charge < -0.3 is 18.9 Å². The second-order valence-electron chi connectivity index (χ2n) is 7.77. The number of carbonyl (C=O) groups is 3. The Bertz CT molecular complexity index is 626. The number of hydrogen-bond acceptors (Lipinski definition) is 7. The summed E-state index contributed by atoms with van der Waals surface area (Å²) in [7, 11) is 0. The van der Waals surface area contributed by atoms with Gasteiger partial charge in [-0.15, -0.1) is 26.3 Å². The van der Waals surface area contributed by atoms with E-state index in [2.05, 4.69) is 26.3 Å². The summed E-state index contributed by atoms with van der Waals surface area (Å²) in [6, 6.07) is 0. The molecule has 0 spiro atoms. The number of rotatable bonds is 23. The highest BCUT2D eigenvalue weighted by Gasteiger charge is 2.38. The zero-order valence-corrected chi connectivity index (χ0v) is 20.5. The number of hydrogen-bond donors (Lipinski definition) is 0. The van der Waals surface area contributed by atoms with Crippen LogP contribution >= 0.6 is 0 Å². The Balaban J connectivity index is 5.37. The van der Waals surface area contributed by atoms with Crippen LogP contribution in [0, 0.1) is 11.8 Å². The largest absolute Gasteiger partial charge is 0.466 e. The lowest BCUT2D eigenvalue weighted by Gasteiger charge is -2.24. The Morgan fingerprint density at radius 2 is 1.00 bits per heavy atom. The number of esters is 3. The zero-order valence-electron chi connectivity index (χ0n) is 20.5. The van der Waals surface area contributed by atoms with E-state index in [9.17, 15) is 14.4 Å². The lowest BCUT2D eigenvalue weighted by atomic mass is 9.89. The number of unbranched alkanes of at least 4 members (excludes halogenated alkanes) is 4. The molecule has 0 aromatic carbocycles. The molecule has 0 aliphatic rings. The summed E-state index contributed by atoms with van der Waals surface area (Å²) in [6.45, 7) is 15.5. The van der Waals surface area contributed by atoms with E-state index in [1.807, 2.05) is 0 Å². The number of carbonyl (C=O) groups excluding carboxylic acids is 3. The highest BCUT2D eigenvalue weighted by Crippen LogP contribution is 2.22. The minimum Gasteiger partial charge on any atom is -0.466 e. The van der Waals surface area contributed by atoms with Crippen molar-refractivity contribution in [2.24, 2.45) is 11.8 Å². The predicted octanol–water partition coefficient (Wildman–Crippen LogP) is 5.12. The quantitative estimate of drug-likeness (QED) is 0.0871. The van der Waals surface area contributed by atoms with Gasteiger partial charge in [0, 0.05) is 6.61 Å². The van der Waals surface area contributed by atoms with Gasteiger partial charge in [-0.05, 0) is 51.4 Å². The smallest absolute Gasteiger partial charge is 0.312 e. The third-order valence-corrected chi connectivity index (χ3v) is 4.88. The molecular weight excluding hydrogens is 436 g/mol. The maximum atomic E-state index is 12.9. The van der Waals surface area contributed by atoms with Crippen molar-refractivity contribution in [1.82, 2.24) is 0 Å². The van der Waals surface area contributed by atoms with Gasteiger partial charge in [0.1, 0.15) is 0 Å². The van der Waals surface area contributed by atoms with Crippen molar-refractivity contribution in [1.29, 1.82) is 0 Å². The summed E-state index contributed by atoms with van der Waals surface area (Å²) < 4.78 is 21.7. The Morgan fingerprint density at radius 3 is 1.47 bits per heavy atom. The predicted molar refractivity (Wildman–Crippen MR) is 133 cm³/mol. The molecule has 7 nitrogen and oxygen atoms in total. The molecule has 0 aliphatic heterocycles. The van der Waals surface area contributed by atoms with Gasteiger partial charge in [0.2, 0.25) is 0 Å². The minimum atomic E-state index is -1.07. The molecular formula is C27H42O7. The van der Waals surface area contributed by atoms with E-state index in [1.54, 1.807) is 24.3 Å². The number of allylic oxidation sites excluding steroid dienone is 4. The maximum absolute atomic E-state index is 12.9. The van der Waals surface area contributed by atoms with Gasteiger partial charge in [-0.2, -0.15) is 0 Å². The second kappa shape index (κ2) is 22.1. The molecule has 0 amide bonds. The fourth-order valence-electron chi connectivity index (χ4n) is 2.95. The van der Waals surface area contributed by atoms with Crippen LogP contribution in [0.15, 0.2) is 50.6 Å². The third-order valence-electron chi connectivity index (χ3n) is 4.88. The van der Waals surface area contributed by atoms with Crippen molar-refractivity contribution in [3.05, 3.63) is 50.6 Å². The van der Waals surface area contributed by atoms with Crippen molar-refractivity contribution in [3.8, 4) is 0 Å². The van der Waals surface area contributed by atoms with Gasteiger partial charge in [0.25, 0.3) is 0 Å². The van der Waals surface area contributed by atoms with Crippen LogP contribution in [-0.4, -0.2) is 50.9 Å². The molecule has 0 heterocycles. The summed E-state index contributed by atoms with van der Waals surface area (Å²) in [5.74, 6) is -3.87. The zero-order chi connectivity index (χ0) is 25.4. The molecule has 0 N–H and O–H groups in total. The van der Waals surface area contributed by atoms with E-state index in [0.29, 0.717) is 45.1 Å². The fraction of sp³-hybridized carbons (Fsp3) is 0.593. The Hall–Kier alpha value is -2.67. The van der Waals surface area contributed by atoms with E-state index in [4.69, 9.17) is 18.9 Å². The van der Waals surface area contributed by atoms with Crippen LogP contribution in [0.4, 0.5) is 0 Å². The first-order valence-corrected chi connectivity index (χ1v) is 12.0. The summed E-state index contributed by atoms with van der Waals surface area (Å²) in [6.07, 6.45) is 12.1. The molecule has 0 rings (SSSR count). The Labute approximate surface area is 204 Å². The molecule has 0 fully saturated rings. The highest BCUT2D eigenvalue weighted by molar-refractivity contribution is 5.86. The van der Waals surface area contributed by atoms with Gasteiger partial charge in [0.05, 0.1) is 44.7 Å². The van der Waals surface area contributed by atoms with Gasteiger partial charge in [0.15, 0.2) is 0 Å². The molecule has 7 heteroatoms. The van der Waals surface area contributed by atoms with Crippen LogP contribution in [0.2, 0.25) is 0 Å². The Morgan fingerprint density at radius 1 is 0.588 bits per heavy atom. The van der Waals surface area contributed by atoms with Gasteiger partial charge in [-0.25, -0.2) is 0 Å². The number of ether oxygens (including phenoxy) is 4. The molecule has 0 aliphatic carbocycles. The SMILES string of the molecule is C=CCCCOCC(C(=O)OCCCC=C)C(CC(=O)OCCCC=C)C(=O)OCCCC=C. The summed E-state index contributed by atoms with van der Waals surface area (Å²) in [4.78, 5) is 38.3. The van der Waals surface area contributed by atoms with Crippen LogP contribution in [0.3, 0.4) is 0 Å². The fourth-order valence-corrected chi connectivity index (χ4v) is 2.95. The molecule has 0 aromatic rings. The molecule has 0 saturated heterocycles. The van der Waals surface area contributed by atoms with E-state index in [-0.39, 0.29) is 32.8 Å². The molecule has 34 heavy (non-hydrogen) atoms. The first kappa shape index (κ1) is 31.3. The molecule has 0 bridgehead atoms. The average molecular weight is 479 g/mol. The van der Waals surface area contributed by atoms with E-state index < -0.39 is 29.7 Å². The standard InChI is InChI=1S/C27H42O7/c1-5-9-13-17-31-22-24(27(30)34-20-16-12-8-4)23(26(29)33-19-15-11-7-3)21-25(28)32-18-14-10-6-2/h5-8,23-24H,1-4,9-22H2. The summed E-state index contributed by atoms with van der Waals surface area (Å²) in [5, 5.41) is 0. The highest BCUT2D eigenvalue weighted by atomic mass is 16.5. The van der Waals surface area contributed by atoms with Crippen molar-refractivity contribution in [2.45, 2.75) is 57.8 Å². The van der Waals surface area contributed by atoms with Crippen LogP contribution < -0.4 is 0 Å². The lowest BCUT2D eigenvalue weighted by Crippen LogP contribution is -2.38.